The highest BCUT2D eigenvalue weighted by molar-refractivity contribution is 7.20. The van der Waals surface area contributed by atoms with Crippen LogP contribution in [0.5, 0.6) is 0 Å². The first-order chi connectivity index (χ1) is 7.30. The fourth-order valence-corrected chi connectivity index (χ4v) is 5.75. The van der Waals surface area contributed by atoms with Gasteiger partial charge in [-0.1, -0.05) is 36.9 Å². The Morgan fingerprint density at radius 1 is 1.06 bits per heavy atom. The summed E-state index contributed by atoms with van der Waals surface area (Å²) in [5.74, 6) is 0. The van der Waals surface area contributed by atoms with Gasteiger partial charge in [-0.3, -0.25) is 0 Å². The van der Waals surface area contributed by atoms with Gasteiger partial charge < -0.3 is 0 Å². The number of benzene rings is 1. The molecular weight excluding hydrogens is 232 g/mol. The van der Waals surface area contributed by atoms with Crippen molar-refractivity contribution in [3.63, 3.8) is 0 Å². The van der Waals surface area contributed by atoms with Crippen LogP contribution < -0.4 is 0 Å². The molecule has 16 heavy (non-hydrogen) atoms. The summed E-state index contributed by atoms with van der Waals surface area (Å²) >= 11 is 6.65. The van der Waals surface area contributed by atoms with Gasteiger partial charge in [0.2, 0.25) is 0 Å². The Bertz CT molecular complexity index is 466. The second-order valence-electron chi connectivity index (χ2n) is 5.45. The van der Waals surface area contributed by atoms with Crippen molar-refractivity contribution in [3.05, 3.63) is 40.0 Å². The number of aryl methyl sites for hydroxylation is 2. The molecule has 0 saturated heterocycles. The van der Waals surface area contributed by atoms with Gasteiger partial charge in [0.05, 0.1) is 0 Å². The van der Waals surface area contributed by atoms with E-state index >= 15 is 0 Å². The highest BCUT2D eigenvalue weighted by Gasteiger charge is 2.36. The fraction of sp³-hybridized carbons (Fsp3) is 0.429. The van der Waals surface area contributed by atoms with Gasteiger partial charge >= 0.3 is 0 Å². The van der Waals surface area contributed by atoms with Crippen LogP contribution in [0.2, 0.25) is 13.1 Å². The summed E-state index contributed by atoms with van der Waals surface area (Å²) in [5.41, 5.74) is 7.51. The molecule has 2 rings (SSSR count). The third kappa shape index (κ3) is 1.87. The molecule has 0 fully saturated rings. The van der Waals surface area contributed by atoms with E-state index in [1.807, 2.05) is 0 Å². The zero-order valence-corrected chi connectivity index (χ0v) is 12.4. The van der Waals surface area contributed by atoms with Gasteiger partial charge in [-0.2, -0.15) is 11.1 Å². The van der Waals surface area contributed by atoms with E-state index in [-0.39, 0.29) is 0 Å². The third-order valence-corrected chi connectivity index (χ3v) is 6.33. The van der Waals surface area contributed by atoms with Crippen LogP contribution in [-0.2, 0) is 0 Å². The molecule has 1 atom stereocenters. The van der Waals surface area contributed by atoms with Gasteiger partial charge in [0.25, 0.3) is 0 Å². The lowest BCUT2D eigenvalue weighted by Gasteiger charge is -2.25. The maximum atomic E-state index is 6.65. The second kappa shape index (κ2) is 3.75. The molecule has 0 bridgehead atoms. The van der Waals surface area contributed by atoms with E-state index in [0.717, 1.165) is 0 Å². The topological polar surface area (TPSA) is 0 Å². The number of allylic oxidation sites excluding steroid dienone is 1. The largest absolute Gasteiger partial charge is 0.167 e. The van der Waals surface area contributed by atoms with Crippen LogP contribution in [-0.4, -0.2) is 7.38 Å². The number of rotatable bonds is 1. The molecule has 1 aromatic carbocycles. The summed E-state index contributed by atoms with van der Waals surface area (Å²) in [7, 11) is -1.67. The minimum Gasteiger partial charge on any atom is -0.167 e. The summed E-state index contributed by atoms with van der Waals surface area (Å²) in [6.07, 6.45) is 2.31. The molecule has 2 heteroatoms. The third-order valence-electron chi connectivity index (χ3n) is 3.54. The number of hydrogen-bond donors (Lipinski definition) is 0. The van der Waals surface area contributed by atoms with Crippen molar-refractivity contribution < 1.29 is 0 Å². The summed E-state index contributed by atoms with van der Waals surface area (Å²) in [6.45, 7) is 11.0. The van der Waals surface area contributed by atoms with E-state index in [1.54, 1.807) is 0 Å². The maximum absolute atomic E-state index is 6.65. The summed E-state index contributed by atoms with van der Waals surface area (Å²) < 4.78 is 0. The molecule has 0 aromatic heterocycles. The Labute approximate surface area is 104 Å². The lowest BCUT2D eigenvalue weighted by Crippen LogP contribution is -2.28. The van der Waals surface area contributed by atoms with Crippen molar-refractivity contribution in [2.45, 2.75) is 39.4 Å². The van der Waals surface area contributed by atoms with Crippen LogP contribution in [0.1, 0.15) is 34.7 Å². The standard InChI is InChI=1S/C14H19ClSi/c1-9-6-12-7-11(3)14(16(4,5)15)13(12)8-10(9)2/h6-8,14H,1-5H3. The molecule has 0 amide bonds. The van der Waals surface area contributed by atoms with Gasteiger partial charge in [0, 0.05) is 5.54 Å². The molecule has 86 valence electrons. The monoisotopic (exact) mass is 250 g/mol. The first kappa shape index (κ1) is 11.9. The smallest absolute Gasteiger partial charge is 0.161 e. The van der Waals surface area contributed by atoms with Gasteiger partial charge in [0.1, 0.15) is 0 Å². The lowest BCUT2D eigenvalue weighted by molar-refractivity contribution is 1.08. The Morgan fingerprint density at radius 3 is 2.19 bits per heavy atom. The van der Waals surface area contributed by atoms with Crippen LogP contribution in [0.3, 0.4) is 0 Å². The first-order valence-corrected chi connectivity index (χ1v) is 9.88. The second-order valence-corrected chi connectivity index (χ2v) is 12.1. The number of fused-ring (bicyclic) bond motifs is 1. The lowest BCUT2D eigenvalue weighted by atomic mass is 10.0. The average molecular weight is 251 g/mol. The Kier molecular flexibility index (Phi) is 2.79. The highest BCUT2D eigenvalue weighted by Crippen LogP contribution is 2.44. The first-order valence-electron chi connectivity index (χ1n) is 5.79. The summed E-state index contributed by atoms with van der Waals surface area (Å²) in [4.78, 5) is 0. The Balaban J connectivity index is 2.59. The van der Waals surface area contributed by atoms with Crippen molar-refractivity contribution >= 4 is 24.5 Å². The predicted octanol–water partition coefficient (Wildman–Crippen LogP) is 4.79. The predicted molar refractivity (Wildman–Crippen MR) is 75.6 cm³/mol. The minimum absolute atomic E-state index is 0.489. The molecule has 0 aliphatic heterocycles. The molecule has 0 nitrogen and oxygen atoms in total. The SMILES string of the molecule is CC1=Cc2cc(C)c(C)cc2C1[Si](C)(C)Cl. The van der Waals surface area contributed by atoms with Crippen molar-refractivity contribution in [1.29, 1.82) is 0 Å². The van der Waals surface area contributed by atoms with Crippen molar-refractivity contribution in [1.82, 2.24) is 0 Å². The van der Waals surface area contributed by atoms with E-state index < -0.39 is 7.38 Å². The maximum Gasteiger partial charge on any atom is 0.161 e. The number of halogens is 1. The molecule has 0 spiro atoms. The van der Waals surface area contributed by atoms with Gasteiger partial charge in [-0.25, -0.2) is 0 Å². The molecule has 1 unspecified atom stereocenters. The van der Waals surface area contributed by atoms with Crippen LogP contribution in [0.4, 0.5) is 0 Å². The quantitative estimate of drug-likeness (QED) is 0.497. The van der Waals surface area contributed by atoms with Crippen LogP contribution in [0.25, 0.3) is 6.08 Å². The Morgan fingerprint density at radius 2 is 1.62 bits per heavy atom. The van der Waals surface area contributed by atoms with E-state index in [1.165, 1.54) is 27.8 Å². The van der Waals surface area contributed by atoms with E-state index in [0.29, 0.717) is 5.54 Å². The zero-order valence-electron chi connectivity index (χ0n) is 10.7. The van der Waals surface area contributed by atoms with E-state index in [2.05, 4.69) is 52.1 Å². The molecule has 0 N–H and O–H groups in total. The van der Waals surface area contributed by atoms with Crippen LogP contribution >= 0.6 is 11.1 Å². The number of hydrogen-bond acceptors (Lipinski definition) is 0. The van der Waals surface area contributed by atoms with Crippen LogP contribution in [0, 0.1) is 13.8 Å². The molecule has 1 aliphatic rings. The molecule has 0 saturated carbocycles. The van der Waals surface area contributed by atoms with Gasteiger partial charge in [0.15, 0.2) is 7.38 Å². The molecule has 0 heterocycles. The highest BCUT2D eigenvalue weighted by atomic mass is 35.6. The van der Waals surface area contributed by atoms with Gasteiger partial charge in [-0.15, -0.1) is 0 Å². The van der Waals surface area contributed by atoms with E-state index in [4.69, 9.17) is 11.1 Å². The fourth-order valence-electron chi connectivity index (χ4n) is 2.72. The Hall–Kier alpha value is -0.533. The molecule has 0 radical (unpaired) electrons. The summed E-state index contributed by atoms with van der Waals surface area (Å²) in [5, 5.41) is 0. The average Bonchev–Trinajstić information content (AvgIpc) is 2.40. The molecule has 1 aliphatic carbocycles. The normalized spacial score (nSPS) is 19.6. The molecular formula is C14H19ClSi. The van der Waals surface area contributed by atoms with Gasteiger partial charge in [-0.05, 0) is 43.0 Å². The zero-order chi connectivity index (χ0) is 12.1. The van der Waals surface area contributed by atoms with Crippen molar-refractivity contribution in [3.8, 4) is 0 Å². The molecule has 1 aromatic rings. The van der Waals surface area contributed by atoms with Crippen molar-refractivity contribution in [2.75, 3.05) is 0 Å². The summed E-state index contributed by atoms with van der Waals surface area (Å²) in [6, 6.07) is 4.63. The van der Waals surface area contributed by atoms with E-state index in [9.17, 15) is 0 Å². The van der Waals surface area contributed by atoms with Crippen molar-refractivity contribution in [2.24, 2.45) is 0 Å². The minimum atomic E-state index is -1.67. The van der Waals surface area contributed by atoms with Crippen LogP contribution in [0.15, 0.2) is 17.7 Å².